The summed E-state index contributed by atoms with van der Waals surface area (Å²) < 4.78 is 13.8. The summed E-state index contributed by atoms with van der Waals surface area (Å²) >= 11 is 0. The van der Waals surface area contributed by atoms with Gasteiger partial charge in [0.15, 0.2) is 0 Å². The second-order valence-corrected chi connectivity index (χ2v) is 9.52. The van der Waals surface area contributed by atoms with Gasteiger partial charge >= 0.3 is 5.97 Å². The van der Waals surface area contributed by atoms with Crippen LogP contribution in [0.15, 0.2) is 66.7 Å². The molecule has 0 fully saturated rings. The van der Waals surface area contributed by atoms with Crippen LogP contribution in [0.2, 0.25) is 0 Å². The van der Waals surface area contributed by atoms with Crippen molar-refractivity contribution in [2.75, 3.05) is 44.9 Å². The zero-order valence-electron chi connectivity index (χ0n) is 21.2. The van der Waals surface area contributed by atoms with E-state index in [1.54, 1.807) is 30.3 Å². The molecule has 7 nitrogen and oxygen atoms in total. The normalized spacial score (nSPS) is 14.1. The number of amides is 1. The largest absolute Gasteiger partial charge is 0.481 e. The highest BCUT2D eigenvalue weighted by atomic mass is 19.1. The van der Waals surface area contributed by atoms with E-state index in [0.29, 0.717) is 33.6 Å². The fraction of sp³-hybridized carbons (Fsp3) is 0.241. The lowest BCUT2D eigenvalue weighted by Crippen LogP contribution is -2.28. The Bertz CT molecular complexity index is 1320. The molecular weight excluding hydrogens is 471 g/mol. The fourth-order valence-electron chi connectivity index (χ4n) is 4.24. The molecule has 3 aromatic carbocycles. The number of halogens is 1. The summed E-state index contributed by atoms with van der Waals surface area (Å²) in [6.45, 7) is 2.75. The number of aliphatic carboxylic acids is 1. The highest BCUT2D eigenvalue weighted by Crippen LogP contribution is 2.38. The van der Waals surface area contributed by atoms with Gasteiger partial charge in [-0.15, -0.1) is 0 Å². The van der Waals surface area contributed by atoms with Gasteiger partial charge in [0.2, 0.25) is 0 Å². The number of carbonyl (C=O) groups is 2. The summed E-state index contributed by atoms with van der Waals surface area (Å²) in [6, 6.07) is 19.3. The number of likely N-dealkylation sites (N-methyl/N-ethyl adjacent to an activating group) is 2. The Balaban J connectivity index is 1.65. The molecule has 0 aromatic heterocycles. The molecule has 0 saturated heterocycles. The topological polar surface area (TPSA) is 84.9 Å². The number of rotatable bonds is 10. The first kappa shape index (κ1) is 26.1. The summed E-state index contributed by atoms with van der Waals surface area (Å²) in [6.07, 6.45) is -0.0906. The second-order valence-electron chi connectivity index (χ2n) is 9.52. The summed E-state index contributed by atoms with van der Waals surface area (Å²) in [5, 5.41) is 15.2. The van der Waals surface area contributed by atoms with E-state index in [4.69, 9.17) is 5.11 Å². The molecule has 8 heteroatoms. The van der Waals surface area contributed by atoms with Crippen molar-refractivity contribution in [1.82, 2.24) is 9.80 Å². The van der Waals surface area contributed by atoms with Crippen molar-refractivity contribution in [3.63, 3.8) is 0 Å². The average molecular weight is 503 g/mol. The Morgan fingerprint density at radius 3 is 2.27 bits per heavy atom. The Morgan fingerprint density at radius 1 is 0.946 bits per heavy atom. The molecule has 0 atom stereocenters. The lowest BCUT2D eigenvalue weighted by Gasteiger charge is -2.20. The molecule has 192 valence electrons. The molecule has 0 aliphatic carbocycles. The monoisotopic (exact) mass is 502 g/mol. The predicted octanol–water partition coefficient (Wildman–Crippen LogP) is 4.38. The van der Waals surface area contributed by atoms with E-state index >= 15 is 0 Å². The predicted molar refractivity (Wildman–Crippen MR) is 145 cm³/mol. The van der Waals surface area contributed by atoms with Crippen molar-refractivity contribution >= 4 is 34.5 Å². The van der Waals surface area contributed by atoms with Crippen molar-refractivity contribution in [3.05, 3.63) is 94.8 Å². The van der Waals surface area contributed by atoms with E-state index in [1.807, 2.05) is 24.3 Å². The number of anilines is 2. The zero-order chi connectivity index (χ0) is 26.5. The SMILES string of the molecule is CN(C)CCN(C)Cc1ccc(NC(=C2C(=O)Nc3cc(F)ccc32)c2ccc(CC(=O)O)cc2)cc1. The van der Waals surface area contributed by atoms with Crippen LogP contribution in [0, 0.1) is 5.82 Å². The van der Waals surface area contributed by atoms with Crippen LogP contribution >= 0.6 is 0 Å². The van der Waals surface area contributed by atoms with Crippen LogP contribution in [0.1, 0.15) is 22.3 Å². The van der Waals surface area contributed by atoms with Crippen molar-refractivity contribution in [3.8, 4) is 0 Å². The third kappa shape index (κ3) is 6.61. The van der Waals surface area contributed by atoms with E-state index in [9.17, 15) is 14.0 Å². The molecule has 1 amide bonds. The molecule has 1 aliphatic rings. The third-order valence-corrected chi connectivity index (χ3v) is 6.18. The number of fused-ring (bicyclic) bond motifs is 1. The molecule has 3 N–H and O–H groups in total. The molecule has 1 heterocycles. The van der Waals surface area contributed by atoms with Crippen LogP contribution in [-0.2, 0) is 22.6 Å². The first-order valence-corrected chi connectivity index (χ1v) is 12.1. The summed E-state index contributed by atoms with van der Waals surface area (Å²) in [7, 11) is 6.20. The Labute approximate surface area is 216 Å². The fourth-order valence-corrected chi connectivity index (χ4v) is 4.24. The number of carbonyl (C=O) groups excluding carboxylic acids is 1. The van der Waals surface area contributed by atoms with Gasteiger partial charge in [-0.1, -0.05) is 36.4 Å². The van der Waals surface area contributed by atoms with Gasteiger partial charge in [-0.2, -0.15) is 0 Å². The standard InChI is InChI=1S/C29H31FN4O3/c1-33(2)14-15-34(3)18-20-6-11-23(12-7-20)31-28(21-8-4-19(5-9-21)16-26(35)36)27-24-13-10-22(30)17-25(24)32-29(27)37/h4-13,17,31H,14-16,18H2,1-3H3,(H,32,37)(H,35,36). The van der Waals surface area contributed by atoms with Crippen molar-refractivity contribution < 1.29 is 19.1 Å². The Morgan fingerprint density at radius 2 is 1.62 bits per heavy atom. The number of hydrogen-bond acceptors (Lipinski definition) is 5. The van der Waals surface area contributed by atoms with Crippen LogP contribution in [0.5, 0.6) is 0 Å². The van der Waals surface area contributed by atoms with Gasteiger partial charge in [0.05, 0.1) is 23.4 Å². The molecule has 0 saturated carbocycles. The number of carboxylic acid groups (broad SMARTS) is 1. The van der Waals surface area contributed by atoms with Crippen LogP contribution in [0.25, 0.3) is 11.3 Å². The number of benzene rings is 3. The quantitative estimate of drug-likeness (QED) is 0.357. The number of carboxylic acids is 1. The summed E-state index contributed by atoms with van der Waals surface area (Å²) in [4.78, 5) is 28.5. The van der Waals surface area contributed by atoms with Crippen LogP contribution < -0.4 is 10.6 Å². The van der Waals surface area contributed by atoms with Gasteiger partial charge in [-0.3, -0.25) is 9.59 Å². The van der Waals surface area contributed by atoms with Crippen molar-refractivity contribution in [1.29, 1.82) is 0 Å². The van der Waals surface area contributed by atoms with E-state index in [-0.39, 0.29) is 12.3 Å². The lowest BCUT2D eigenvalue weighted by atomic mass is 9.98. The Hall–Kier alpha value is -4.01. The molecule has 3 aromatic rings. The van der Waals surface area contributed by atoms with E-state index in [2.05, 4.69) is 41.6 Å². The highest BCUT2D eigenvalue weighted by Gasteiger charge is 2.29. The van der Waals surface area contributed by atoms with Crippen molar-refractivity contribution in [2.45, 2.75) is 13.0 Å². The van der Waals surface area contributed by atoms with Gasteiger partial charge < -0.3 is 25.5 Å². The number of nitrogens with one attached hydrogen (secondary N) is 2. The minimum absolute atomic E-state index is 0.0906. The second kappa shape index (κ2) is 11.4. The van der Waals surface area contributed by atoms with Crippen LogP contribution in [0.4, 0.5) is 15.8 Å². The van der Waals surface area contributed by atoms with Gasteiger partial charge in [0.1, 0.15) is 5.82 Å². The van der Waals surface area contributed by atoms with Gasteiger partial charge in [0, 0.05) is 30.9 Å². The molecule has 4 rings (SSSR count). The average Bonchev–Trinajstić information content (AvgIpc) is 3.17. The highest BCUT2D eigenvalue weighted by molar-refractivity contribution is 6.37. The lowest BCUT2D eigenvalue weighted by molar-refractivity contribution is -0.136. The van der Waals surface area contributed by atoms with Gasteiger partial charge in [-0.25, -0.2) is 4.39 Å². The molecular formula is C29H31FN4O3. The molecule has 37 heavy (non-hydrogen) atoms. The third-order valence-electron chi connectivity index (χ3n) is 6.18. The molecule has 1 aliphatic heterocycles. The Kier molecular flexibility index (Phi) is 8.01. The minimum atomic E-state index is -0.914. The van der Waals surface area contributed by atoms with Crippen LogP contribution in [-0.4, -0.2) is 61.0 Å². The van der Waals surface area contributed by atoms with E-state index < -0.39 is 11.8 Å². The maximum Gasteiger partial charge on any atom is 0.307 e. The summed E-state index contributed by atoms with van der Waals surface area (Å²) in [5.74, 6) is -1.68. The van der Waals surface area contributed by atoms with Gasteiger partial charge in [-0.05, 0) is 68.2 Å². The molecule has 0 unspecified atom stereocenters. The zero-order valence-corrected chi connectivity index (χ0v) is 21.2. The van der Waals surface area contributed by atoms with Crippen molar-refractivity contribution in [2.24, 2.45) is 0 Å². The summed E-state index contributed by atoms with van der Waals surface area (Å²) in [5.41, 5.74) is 5.29. The maximum atomic E-state index is 13.8. The van der Waals surface area contributed by atoms with E-state index in [0.717, 1.165) is 25.3 Å². The first-order valence-electron chi connectivity index (χ1n) is 12.1. The number of nitrogens with zero attached hydrogens (tertiary/aromatic N) is 2. The van der Waals surface area contributed by atoms with Gasteiger partial charge in [0.25, 0.3) is 5.91 Å². The number of hydrogen-bond donors (Lipinski definition) is 3. The minimum Gasteiger partial charge on any atom is -0.481 e. The molecule has 0 radical (unpaired) electrons. The molecule has 0 spiro atoms. The van der Waals surface area contributed by atoms with E-state index in [1.165, 1.54) is 17.7 Å². The first-order chi connectivity index (χ1) is 17.7. The van der Waals surface area contributed by atoms with Crippen LogP contribution in [0.3, 0.4) is 0 Å². The molecule has 0 bridgehead atoms. The maximum absolute atomic E-state index is 13.8. The smallest absolute Gasteiger partial charge is 0.307 e.